The fraction of sp³-hybridized carbons (Fsp3) is 0.0714. The van der Waals surface area contributed by atoms with Gasteiger partial charge in [0, 0.05) is 5.56 Å². The molecule has 0 aliphatic rings. The Bertz CT molecular complexity index is 596. The lowest BCUT2D eigenvalue weighted by Gasteiger charge is -2.07. The zero-order valence-corrected chi connectivity index (χ0v) is 9.81. The van der Waals surface area contributed by atoms with Gasteiger partial charge in [-0.05, 0) is 30.3 Å². The third kappa shape index (κ3) is 2.18. The smallest absolute Gasteiger partial charge is 0.196 e. The van der Waals surface area contributed by atoms with E-state index < -0.39 is 11.6 Å². The average Bonchev–Trinajstić information content (AvgIpc) is 2.38. The number of nitrogen functional groups attached to an aromatic ring is 1. The number of methoxy groups -OCH3 is 1. The summed E-state index contributed by atoms with van der Waals surface area (Å²) in [6, 6.07) is 10.5. The van der Waals surface area contributed by atoms with Crippen LogP contribution in [0.1, 0.15) is 15.9 Å². The maximum Gasteiger partial charge on any atom is 0.196 e. The van der Waals surface area contributed by atoms with Crippen LogP contribution in [0.15, 0.2) is 42.5 Å². The summed E-state index contributed by atoms with van der Waals surface area (Å²) >= 11 is 0. The second-order valence-electron chi connectivity index (χ2n) is 3.77. The Labute approximate surface area is 104 Å². The van der Waals surface area contributed by atoms with Gasteiger partial charge in [-0.2, -0.15) is 0 Å². The highest BCUT2D eigenvalue weighted by molar-refractivity contribution is 6.09. The number of halogens is 1. The van der Waals surface area contributed by atoms with Gasteiger partial charge in [0.15, 0.2) is 5.78 Å². The number of rotatable bonds is 3. The van der Waals surface area contributed by atoms with E-state index in [0.717, 1.165) is 0 Å². The van der Waals surface area contributed by atoms with Crippen molar-refractivity contribution in [1.82, 2.24) is 0 Å². The van der Waals surface area contributed by atoms with Crippen LogP contribution in [-0.4, -0.2) is 12.9 Å². The van der Waals surface area contributed by atoms with Crippen molar-refractivity contribution < 1.29 is 13.9 Å². The summed E-state index contributed by atoms with van der Waals surface area (Å²) in [4.78, 5) is 12.1. The summed E-state index contributed by atoms with van der Waals surface area (Å²) in [5, 5.41) is 0. The predicted molar refractivity (Wildman–Crippen MR) is 67.2 cm³/mol. The maximum atomic E-state index is 13.5. The molecule has 3 nitrogen and oxygen atoms in total. The van der Waals surface area contributed by atoms with Crippen LogP contribution in [0.25, 0.3) is 0 Å². The number of nitrogens with two attached hydrogens (primary N) is 1. The Kier molecular flexibility index (Phi) is 3.28. The molecule has 0 saturated heterocycles. The Hall–Kier alpha value is -2.36. The van der Waals surface area contributed by atoms with Crippen LogP contribution in [-0.2, 0) is 0 Å². The van der Waals surface area contributed by atoms with Gasteiger partial charge in [-0.15, -0.1) is 0 Å². The molecule has 4 heteroatoms. The predicted octanol–water partition coefficient (Wildman–Crippen LogP) is 2.65. The lowest BCUT2D eigenvalue weighted by Crippen LogP contribution is -2.05. The molecule has 0 aliphatic carbocycles. The van der Waals surface area contributed by atoms with E-state index >= 15 is 0 Å². The van der Waals surface area contributed by atoms with Gasteiger partial charge in [-0.3, -0.25) is 4.79 Å². The van der Waals surface area contributed by atoms with E-state index in [1.807, 2.05) is 0 Å². The van der Waals surface area contributed by atoms with Crippen molar-refractivity contribution >= 4 is 11.5 Å². The van der Waals surface area contributed by atoms with E-state index in [1.165, 1.54) is 31.4 Å². The van der Waals surface area contributed by atoms with Gasteiger partial charge in [0.05, 0.1) is 18.4 Å². The first-order valence-electron chi connectivity index (χ1n) is 5.36. The molecule has 0 heterocycles. The van der Waals surface area contributed by atoms with Crippen LogP contribution in [0.4, 0.5) is 10.1 Å². The van der Waals surface area contributed by atoms with Crippen molar-refractivity contribution in [1.29, 1.82) is 0 Å². The summed E-state index contributed by atoms with van der Waals surface area (Å²) in [5.74, 6) is -0.459. The molecule has 0 aliphatic heterocycles. The molecule has 0 unspecified atom stereocenters. The second kappa shape index (κ2) is 4.87. The molecule has 0 amide bonds. The number of hydrogen-bond donors (Lipinski definition) is 1. The first-order chi connectivity index (χ1) is 8.63. The highest BCUT2D eigenvalue weighted by Gasteiger charge is 2.14. The van der Waals surface area contributed by atoms with E-state index in [-0.39, 0.29) is 5.56 Å². The van der Waals surface area contributed by atoms with Crippen molar-refractivity contribution in [2.75, 3.05) is 12.8 Å². The molecule has 2 aromatic carbocycles. The van der Waals surface area contributed by atoms with Gasteiger partial charge < -0.3 is 10.5 Å². The summed E-state index contributed by atoms with van der Waals surface area (Å²) < 4.78 is 18.5. The summed E-state index contributed by atoms with van der Waals surface area (Å²) in [7, 11) is 1.49. The molecule has 0 atom stereocenters. The third-order valence-electron chi connectivity index (χ3n) is 2.61. The number of ether oxygens (including phenoxy) is 1. The molecule has 0 radical (unpaired) electrons. The Morgan fingerprint density at radius 1 is 1.22 bits per heavy atom. The number of hydrogen-bond acceptors (Lipinski definition) is 3. The number of ketones is 1. The highest BCUT2D eigenvalue weighted by atomic mass is 19.1. The fourth-order valence-electron chi connectivity index (χ4n) is 1.68. The molecule has 92 valence electrons. The van der Waals surface area contributed by atoms with Crippen molar-refractivity contribution in [3.8, 4) is 5.75 Å². The van der Waals surface area contributed by atoms with Gasteiger partial charge in [-0.25, -0.2) is 4.39 Å². The van der Waals surface area contributed by atoms with Crippen LogP contribution in [0, 0.1) is 5.82 Å². The second-order valence-corrected chi connectivity index (χ2v) is 3.77. The Morgan fingerprint density at radius 2 is 1.94 bits per heavy atom. The van der Waals surface area contributed by atoms with E-state index in [0.29, 0.717) is 17.0 Å². The molecular formula is C14H12FNO2. The van der Waals surface area contributed by atoms with E-state index in [4.69, 9.17) is 10.5 Å². The molecule has 0 spiro atoms. The number of carbonyl (C=O) groups is 1. The van der Waals surface area contributed by atoms with Crippen molar-refractivity contribution in [3.63, 3.8) is 0 Å². The van der Waals surface area contributed by atoms with Crippen LogP contribution in [0.5, 0.6) is 5.75 Å². The van der Waals surface area contributed by atoms with E-state index in [1.54, 1.807) is 18.2 Å². The molecular weight excluding hydrogens is 233 g/mol. The minimum Gasteiger partial charge on any atom is -0.495 e. The Balaban J connectivity index is 2.41. The van der Waals surface area contributed by atoms with Crippen LogP contribution in [0.2, 0.25) is 0 Å². The van der Waals surface area contributed by atoms with E-state index in [9.17, 15) is 9.18 Å². The molecule has 0 aromatic heterocycles. The van der Waals surface area contributed by atoms with Gasteiger partial charge in [0.1, 0.15) is 11.6 Å². The van der Waals surface area contributed by atoms with Gasteiger partial charge >= 0.3 is 0 Å². The monoisotopic (exact) mass is 245 g/mol. The zero-order chi connectivity index (χ0) is 13.1. The molecule has 0 fully saturated rings. The first-order valence-corrected chi connectivity index (χ1v) is 5.36. The summed E-state index contributed by atoms with van der Waals surface area (Å²) in [6.45, 7) is 0. The van der Waals surface area contributed by atoms with Crippen molar-refractivity contribution in [2.45, 2.75) is 0 Å². The molecule has 0 bridgehead atoms. The summed E-state index contributed by atoms with van der Waals surface area (Å²) in [6.07, 6.45) is 0. The highest BCUT2D eigenvalue weighted by Crippen LogP contribution is 2.23. The van der Waals surface area contributed by atoms with Crippen molar-refractivity contribution in [2.24, 2.45) is 0 Å². The minimum atomic E-state index is -0.545. The number of carbonyl (C=O) groups excluding carboxylic acids is 1. The average molecular weight is 245 g/mol. The molecule has 2 aromatic rings. The summed E-state index contributed by atoms with van der Waals surface area (Å²) in [5.41, 5.74) is 6.42. The Morgan fingerprint density at radius 3 is 2.56 bits per heavy atom. The van der Waals surface area contributed by atoms with Crippen LogP contribution >= 0.6 is 0 Å². The normalized spacial score (nSPS) is 10.1. The lowest BCUT2D eigenvalue weighted by atomic mass is 10.0. The lowest BCUT2D eigenvalue weighted by molar-refractivity contribution is 0.103. The SMILES string of the molecule is COc1ccc(C(=O)c2ccccc2F)cc1N. The standard InChI is InChI=1S/C14H12FNO2/c1-18-13-7-6-9(8-12(13)16)14(17)10-4-2-3-5-11(10)15/h2-8H,16H2,1H3. The molecule has 18 heavy (non-hydrogen) atoms. The first kappa shape index (κ1) is 12.1. The number of benzene rings is 2. The topological polar surface area (TPSA) is 52.3 Å². The van der Waals surface area contributed by atoms with Gasteiger partial charge in [0.2, 0.25) is 0 Å². The minimum absolute atomic E-state index is 0.0297. The van der Waals surface area contributed by atoms with Gasteiger partial charge in [0.25, 0.3) is 0 Å². The largest absolute Gasteiger partial charge is 0.495 e. The fourth-order valence-corrected chi connectivity index (χ4v) is 1.68. The van der Waals surface area contributed by atoms with Crippen molar-refractivity contribution in [3.05, 3.63) is 59.4 Å². The molecule has 2 rings (SSSR count). The van der Waals surface area contributed by atoms with Gasteiger partial charge in [-0.1, -0.05) is 12.1 Å². The number of anilines is 1. The third-order valence-corrected chi connectivity index (χ3v) is 2.61. The molecule has 2 N–H and O–H groups in total. The zero-order valence-electron chi connectivity index (χ0n) is 9.81. The van der Waals surface area contributed by atoms with Crippen LogP contribution < -0.4 is 10.5 Å². The van der Waals surface area contributed by atoms with E-state index in [2.05, 4.69) is 0 Å². The quantitative estimate of drug-likeness (QED) is 0.668. The van der Waals surface area contributed by atoms with Crippen LogP contribution in [0.3, 0.4) is 0 Å². The molecule has 0 saturated carbocycles. The maximum absolute atomic E-state index is 13.5.